The number of aromatic nitrogens is 1. The third-order valence-electron chi connectivity index (χ3n) is 5.70. The maximum atomic E-state index is 12.5. The molecule has 34 heavy (non-hydrogen) atoms. The van der Waals surface area contributed by atoms with Crippen LogP contribution in [0.2, 0.25) is 0 Å². The Morgan fingerprint density at radius 3 is 2.35 bits per heavy atom. The average molecular weight is 480 g/mol. The average Bonchev–Trinajstić information content (AvgIpc) is 3.30. The van der Waals surface area contributed by atoms with Crippen LogP contribution in [-0.2, 0) is 11.3 Å². The van der Waals surface area contributed by atoms with Crippen molar-refractivity contribution in [1.82, 2.24) is 10.3 Å². The van der Waals surface area contributed by atoms with E-state index < -0.39 is 12.0 Å². The van der Waals surface area contributed by atoms with E-state index in [1.807, 2.05) is 12.1 Å². The predicted molar refractivity (Wildman–Crippen MR) is 138 cm³/mol. The van der Waals surface area contributed by atoms with Gasteiger partial charge in [-0.2, -0.15) is 0 Å². The molecule has 1 unspecified atom stereocenters. The second-order valence-corrected chi connectivity index (χ2v) is 9.72. The molecule has 7 heteroatoms. The van der Waals surface area contributed by atoms with E-state index in [-0.39, 0.29) is 11.8 Å². The fourth-order valence-electron chi connectivity index (χ4n) is 3.58. The lowest BCUT2D eigenvalue weighted by molar-refractivity contribution is -0.140. The van der Waals surface area contributed by atoms with Gasteiger partial charge in [0.2, 0.25) is 0 Å². The molecule has 0 aliphatic carbocycles. The van der Waals surface area contributed by atoms with E-state index in [9.17, 15) is 14.7 Å². The number of benzene rings is 2. The minimum Gasteiger partial charge on any atom is -0.480 e. The summed E-state index contributed by atoms with van der Waals surface area (Å²) in [6.07, 6.45) is 2.15. The summed E-state index contributed by atoms with van der Waals surface area (Å²) in [6.45, 7) is 9.38. The van der Waals surface area contributed by atoms with Crippen molar-refractivity contribution >= 4 is 28.3 Å². The first-order valence-corrected chi connectivity index (χ1v) is 12.6. The Balaban J connectivity index is 1.72. The third kappa shape index (κ3) is 6.67. The van der Waals surface area contributed by atoms with Crippen molar-refractivity contribution in [3.8, 4) is 11.3 Å². The van der Waals surface area contributed by atoms with Crippen LogP contribution in [-0.4, -0.2) is 34.6 Å². The van der Waals surface area contributed by atoms with Gasteiger partial charge in [0.25, 0.3) is 5.91 Å². The Hall–Kier alpha value is -3.19. The first-order chi connectivity index (χ1) is 16.3. The monoisotopic (exact) mass is 479 g/mol. The fraction of sp³-hybridized carbons (Fsp3) is 0.370. The molecule has 0 spiro atoms. The van der Waals surface area contributed by atoms with E-state index in [0.29, 0.717) is 12.1 Å². The summed E-state index contributed by atoms with van der Waals surface area (Å²) in [5, 5.41) is 15.0. The maximum Gasteiger partial charge on any atom is 0.326 e. The molecule has 180 valence electrons. The molecule has 0 fully saturated rings. The summed E-state index contributed by atoms with van der Waals surface area (Å²) in [5.74, 6) is -1.60. The number of hydrogen-bond acceptors (Lipinski definition) is 5. The fourth-order valence-corrected chi connectivity index (χ4v) is 4.44. The number of carbonyl (C=O) groups excluding carboxylic acids is 1. The van der Waals surface area contributed by atoms with Crippen LogP contribution in [0.25, 0.3) is 11.3 Å². The van der Waals surface area contributed by atoms with E-state index in [4.69, 9.17) is 4.98 Å². The maximum absolute atomic E-state index is 12.5. The van der Waals surface area contributed by atoms with Crippen LogP contribution in [0.3, 0.4) is 0 Å². The highest BCUT2D eigenvalue weighted by Gasteiger charge is 2.24. The Morgan fingerprint density at radius 2 is 1.76 bits per heavy atom. The molecule has 1 heterocycles. The molecule has 0 bridgehead atoms. The Labute approximate surface area is 205 Å². The summed E-state index contributed by atoms with van der Waals surface area (Å²) >= 11 is 1.64. The highest BCUT2D eigenvalue weighted by molar-refractivity contribution is 7.14. The number of nitrogens with zero attached hydrogens (tertiary/aromatic N) is 2. The minimum absolute atomic E-state index is 0.198. The van der Waals surface area contributed by atoms with Crippen molar-refractivity contribution in [2.45, 2.75) is 53.1 Å². The van der Waals surface area contributed by atoms with Crippen LogP contribution >= 0.6 is 11.3 Å². The van der Waals surface area contributed by atoms with Crippen LogP contribution in [0.5, 0.6) is 0 Å². The lowest BCUT2D eigenvalue weighted by atomic mass is 10.0. The molecule has 0 saturated heterocycles. The molecule has 0 radical (unpaired) electrons. The molecule has 0 aliphatic heterocycles. The largest absolute Gasteiger partial charge is 0.480 e. The summed E-state index contributed by atoms with van der Waals surface area (Å²) in [4.78, 5) is 31.1. The summed E-state index contributed by atoms with van der Waals surface area (Å²) in [6, 6.07) is 14.8. The quantitative estimate of drug-likeness (QED) is 0.365. The smallest absolute Gasteiger partial charge is 0.326 e. The normalized spacial score (nSPS) is 11.9. The number of unbranched alkanes of at least 4 members (excludes halogenated alkanes) is 1. The number of amides is 1. The number of aryl methyl sites for hydroxylation is 1. The summed E-state index contributed by atoms with van der Waals surface area (Å²) in [7, 11) is 0. The topological polar surface area (TPSA) is 82.5 Å². The minimum atomic E-state index is -1.03. The van der Waals surface area contributed by atoms with Crippen molar-refractivity contribution in [1.29, 1.82) is 0 Å². The highest BCUT2D eigenvalue weighted by atomic mass is 32.1. The van der Waals surface area contributed by atoms with Gasteiger partial charge in [-0.3, -0.25) is 4.79 Å². The lowest BCUT2D eigenvalue weighted by Gasteiger charge is -2.22. The zero-order chi connectivity index (χ0) is 24.7. The number of hydrogen-bond donors (Lipinski definition) is 2. The summed E-state index contributed by atoms with van der Waals surface area (Å²) in [5.41, 5.74) is 4.83. The predicted octanol–water partition coefficient (Wildman–Crippen LogP) is 5.76. The molecule has 1 amide bonds. The molecule has 0 saturated carbocycles. The van der Waals surface area contributed by atoms with Gasteiger partial charge >= 0.3 is 5.97 Å². The molecule has 2 aromatic carbocycles. The van der Waals surface area contributed by atoms with E-state index >= 15 is 0 Å². The molecule has 1 atom stereocenters. The summed E-state index contributed by atoms with van der Waals surface area (Å²) < 4.78 is 0. The van der Waals surface area contributed by atoms with Gasteiger partial charge in [0, 0.05) is 29.6 Å². The number of rotatable bonds is 11. The Morgan fingerprint density at radius 1 is 1.09 bits per heavy atom. The van der Waals surface area contributed by atoms with Crippen LogP contribution in [0, 0.1) is 12.8 Å². The van der Waals surface area contributed by atoms with Crippen molar-refractivity contribution in [3.63, 3.8) is 0 Å². The van der Waals surface area contributed by atoms with Gasteiger partial charge in [0.05, 0.1) is 5.69 Å². The first-order valence-electron chi connectivity index (χ1n) is 11.7. The van der Waals surface area contributed by atoms with Crippen LogP contribution in [0.4, 0.5) is 5.13 Å². The van der Waals surface area contributed by atoms with Gasteiger partial charge in [-0.15, -0.1) is 11.3 Å². The Kier molecular flexibility index (Phi) is 8.82. The van der Waals surface area contributed by atoms with Gasteiger partial charge in [0.1, 0.15) is 6.04 Å². The van der Waals surface area contributed by atoms with Crippen LogP contribution in [0.15, 0.2) is 53.9 Å². The van der Waals surface area contributed by atoms with E-state index in [1.54, 1.807) is 37.3 Å². The number of thiazole rings is 1. The zero-order valence-corrected chi connectivity index (χ0v) is 21.1. The van der Waals surface area contributed by atoms with Gasteiger partial charge in [0.15, 0.2) is 5.13 Å². The highest BCUT2D eigenvalue weighted by Crippen LogP contribution is 2.29. The second kappa shape index (κ2) is 11.8. The Bertz CT molecular complexity index is 1090. The SMILES string of the molecule is CCCCN(Cc1ccc(C(=O)NC(C(=O)O)C(C)C)cc1)c1nc(-c2ccc(C)cc2)cs1. The molecule has 3 rings (SSSR count). The second-order valence-electron chi connectivity index (χ2n) is 8.89. The van der Waals surface area contributed by atoms with E-state index in [1.165, 1.54) is 5.56 Å². The molecule has 6 nitrogen and oxygen atoms in total. The number of nitrogens with one attached hydrogen (secondary N) is 1. The third-order valence-corrected chi connectivity index (χ3v) is 6.60. The van der Waals surface area contributed by atoms with Gasteiger partial charge < -0.3 is 15.3 Å². The molecule has 1 aromatic heterocycles. The molecular formula is C27H33N3O3S. The van der Waals surface area contributed by atoms with Crippen molar-refractivity contribution in [2.75, 3.05) is 11.4 Å². The lowest BCUT2D eigenvalue weighted by Crippen LogP contribution is -2.44. The number of carboxylic acid groups (broad SMARTS) is 1. The standard InChI is InChI=1S/C27H33N3O3S/c1-5-6-15-30(27-28-23(17-34-27)21-11-7-19(4)8-12-21)16-20-9-13-22(14-10-20)25(31)29-24(18(2)3)26(32)33/h7-14,17-18,24H,5-6,15-16H2,1-4H3,(H,29,31)(H,32,33). The molecule has 0 aliphatic rings. The van der Waals surface area contributed by atoms with Crippen molar-refractivity contribution in [3.05, 3.63) is 70.6 Å². The van der Waals surface area contributed by atoms with Gasteiger partial charge in [-0.05, 0) is 37.0 Å². The van der Waals surface area contributed by atoms with Crippen LogP contribution < -0.4 is 10.2 Å². The van der Waals surface area contributed by atoms with Crippen LogP contribution in [0.1, 0.15) is 55.1 Å². The molecule has 3 aromatic rings. The zero-order valence-electron chi connectivity index (χ0n) is 20.2. The first kappa shape index (κ1) is 25.4. The van der Waals surface area contributed by atoms with Crippen molar-refractivity contribution < 1.29 is 14.7 Å². The van der Waals surface area contributed by atoms with Gasteiger partial charge in [-0.1, -0.05) is 69.2 Å². The van der Waals surface area contributed by atoms with E-state index in [0.717, 1.165) is 41.3 Å². The molecular weight excluding hydrogens is 446 g/mol. The van der Waals surface area contributed by atoms with E-state index in [2.05, 4.69) is 53.7 Å². The molecule has 2 N–H and O–H groups in total. The number of anilines is 1. The number of carbonyl (C=O) groups is 2. The van der Waals surface area contributed by atoms with Crippen molar-refractivity contribution in [2.24, 2.45) is 5.92 Å². The number of carboxylic acids is 1. The van der Waals surface area contributed by atoms with Gasteiger partial charge in [-0.25, -0.2) is 9.78 Å². The number of aliphatic carboxylic acids is 1.